The van der Waals surface area contributed by atoms with Crippen molar-refractivity contribution in [2.45, 2.75) is 19.4 Å². The lowest BCUT2D eigenvalue weighted by Crippen LogP contribution is -1.94. The molecule has 3 heteroatoms. The van der Waals surface area contributed by atoms with E-state index in [0.29, 0.717) is 13.0 Å². The van der Waals surface area contributed by atoms with Gasteiger partial charge in [-0.3, -0.25) is 4.79 Å². The summed E-state index contributed by atoms with van der Waals surface area (Å²) < 4.78 is 5.01. The molecule has 0 aliphatic heterocycles. The molecule has 0 unspecified atom stereocenters. The van der Waals surface area contributed by atoms with Crippen LogP contribution < -0.4 is 0 Å². The van der Waals surface area contributed by atoms with Crippen molar-refractivity contribution in [1.82, 2.24) is 0 Å². The van der Waals surface area contributed by atoms with Crippen molar-refractivity contribution in [3.63, 3.8) is 0 Å². The molecular formula is C12H14O3. The van der Waals surface area contributed by atoms with Gasteiger partial charge in [0, 0.05) is 19.1 Å². The maximum atomic E-state index is 11.4. The maximum Gasteiger partial charge on any atom is 0.163 e. The standard InChI is InChI=1S/C11H12O2.CH2O/c1-13-7-8-2-3-9-4-5-11(12)10(9)6-8;1-2/h2-3,6H,4-5,7H2,1H3;1H2. The van der Waals surface area contributed by atoms with Gasteiger partial charge in [-0.1, -0.05) is 12.1 Å². The number of rotatable bonds is 2. The summed E-state index contributed by atoms with van der Waals surface area (Å²) in [6.45, 7) is 2.58. The Morgan fingerprint density at radius 3 is 2.73 bits per heavy atom. The minimum Gasteiger partial charge on any atom is -0.380 e. The van der Waals surface area contributed by atoms with Gasteiger partial charge in [-0.05, 0) is 23.6 Å². The highest BCUT2D eigenvalue weighted by Gasteiger charge is 2.18. The lowest BCUT2D eigenvalue weighted by Gasteiger charge is -2.02. The Morgan fingerprint density at radius 1 is 1.33 bits per heavy atom. The first-order valence-corrected chi connectivity index (χ1v) is 4.74. The molecule has 0 spiro atoms. The van der Waals surface area contributed by atoms with Gasteiger partial charge in [0.15, 0.2) is 5.78 Å². The Morgan fingerprint density at radius 2 is 2.07 bits per heavy atom. The zero-order chi connectivity index (χ0) is 11.3. The fourth-order valence-electron chi connectivity index (χ4n) is 1.74. The minimum absolute atomic E-state index is 0.271. The normalized spacial score (nSPS) is 13.0. The lowest BCUT2D eigenvalue weighted by molar-refractivity contribution is -0.0979. The summed E-state index contributed by atoms with van der Waals surface area (Å²) >= 11 is 0. The molecule has 0 bridgehead atoms. The quantitative estimate of drug-likeness (QED) is 0.740. The van der Waals surface area contributed by atoms with E-state index in [1.54, 1.807) is 7.11 Å². The Balaban J connectivity index is 0.000000531. The first-order chi connectivity index (χ1) is 7.31. The number of hydrogen-bond donors (Lipinski definition) is 0. The molecule has 0 aromatic heterocycles. The van der Waals surface area contributed by atoms with Gasteiger partial charge in [-0.2, -0.15) is 0 Å². The van der Waals surface area contributed by atoms with Crippen LogP contribution in [0.3, 0.4) is 0 Å². The van der Waals surface area contributed by atoms with E-state index in [4.69, 9.17) is 9.53 Å². The van der Waals surface area contributed by atoms with E-state index in [2.05, 4.69) is 0 Å². The second-order valence-electron chi connectivity index (χ2n) is 3.35. The molecule has 0 saturated heterocycles. The number of hydrogen-bond acceptors (Lipinski definition) is 3. The van der Waals surface area contributed by atoms with E-state index in [1.807, 2.05) is 25.0 Å². The van der Waals surface area contributed by atoms with E-state index in [9.17, 15) is 4.79 Å². The molecule has 0 N–H and O–H groups in total. The molecule has 15 heavy (non-hydrogen) atoms. The Hall–Kier alpha value is -1.48. The zero-order valence-corrected chi connectivity index (χ0v) is 8.79. The number of Topliss-reactive ketones (excluding diaryl/α,β-unsaturated/α-hetero) is 1. The van der Waals surface area contributed by atoms with E-state index in [1.165, 1.54) is 5.56 Å². The minimum atomic E-state index is 0.271. The monoisotopic (exact) mass is 206 g/mol. The van der Waals surface area contributed by atoms with Gasteiger partial charge in [-0.15, -0.1) is 0 Å². The molecule has 1 aromatic carbocycles. The molecule has 0 saturated carbocycles. The summed E-state index contributed by atoms with van der Waals surface area (Å²) in [5.41, 5.74) is 3.16. The number of aryl methyl sites for hydroxylation is 1. The summed E-state index contributed by atoms with van der Waals surface area (Å²) in [4.78, 5) is 19.4. The van der Waals surface area contributed by atoms with Crippen LogP contribution in [0.25, 0.3) is 0 Å². The molecule has 0 atom stereocenters. The molecule has 0 fully saturated rings. The number of methoxy groups -OCH3 is 1. The summed E-state index contributed by atoms with van der Waals surface area (Å²) in [6, 6.07) is 6.02. The highest BCUT2D eigenvalue weighted by Crippen LogP contribution is 2.22. The Kier molecular flexibility index (Phi) is 4.18. The second-order valence-corrected chi connectivity index (χ2v) is 3.35. The molecule has 0 heterocycles. The smallest absolute Gasteiger partial charge is 0.163 e. The molecule has 3 nitrogen and oxygen atoms in total. The van der Waals surface area contributed by atoms with Gasteiger partial charge in [0.25, 0.3) is 0 Å². The van der Waals surface area contributed by atoms with Crippen LogP contribution in [0.15, 0.2) is 18.2 Å². The van der Waals surface area contributed by atoms with Crippen LogP contribution in [0.2, 0.25) is 0 Å². The molecule has 1 aliphatic rings. The average molecular weight is 206 g/mol. The fraction of sp³-hybridized carbons (Fsp3) is 0.333. The van der Waals surface area contributed by atoms with E-state index < -0.39 is 0 Å². The Labute approximate surface area is 89.1 Å². The fourth-order valence-corrected chi connectivity index (χ4v) is 1.74. The van der Waals surface area contributed by atoms with Crippen molar-refractivity contribution in [1.29, 1.82) is 0 Å². The number of ketones is 1. The third-order valence-corrected chi connectivity index (χ3v) is 2.41. The van der Waals surface area contributed by atoms with E-state index in [0.717, 1.165) is 17.5 Å². The van der Waals surface area contributed by atoms with E-state index >= 15 is 0 Å². The van der Waals surface area contributed by atoms with Crippen LogP contribution in [-0.4, -0.2) is 19.7 Å². The average Bonchev–Trinajstić information content (AvgIpc) is 2.64. The SMILES string of the molecule is C=O.COCc1ccc2c(c1)C(=O)CC2. The molecule has 0 amide bonds. The van der Waals surface area contributed by atoms with Crippen LogP contribution in [0.1, 0.15) is 27.9 Å². The molecule has 0 radical (unpaired) electrons. The number of carbonyl (C=O) groups excluding carboxylic acids is 2. The summed E-state index contributed by atoms with van der Waals surface area (Å²) in [5, 5.41) is 0. The molecule has 80 valence electrons. The summed E-state index contributed by atoms with van der Waals surface area (Å²) in [7, 11) is 1.66. The number of ether oxygens (including phenoxy) is 1. The third-order valence-electron chi connectivity index (χ3n) is 2.41. The molecule has 2 rings (SSSR count). The number of carbonyl (C=O) groups is 2. The summed E-state index contributed by atoms with van der Waals surface area (Å²) in [6.07, 6.45) is 1.58. The number of benzene rings is 1. The van der Waals surface area contributed by atoms with Gasteiger partial charge in [0.05, 0.1) is 6.61 Å². The largest absolute Gasteiger partial charge is 0.380 e. The van der Waals surface area contributed by atoms with Crippen molar-refractivity contribution in [3.8, 4) is 0 Å². The van der Waals surface area contributed by atoms with Crippen LogP contribution in [-0.2, 0) is 22.6 Å². The third kappa shape index (κ3) is 2.50. The first-order valence-electron chi connectivity index (χ1n) is 4.74. The van der Waals surface area contributed by atoms with Gasteiger partial charge in [0.2, 0.25) is 0 Å². The van der Waals surface area contributed by atoms with Gasteiger partial charge in [-0.25, -0.2) is 0 Å². The second kappa shape index (κ2) is 5.41. The van der Waals surface area contributed by atoms with Crippen LogP contribution in [0, 0.1) is 0 Å². The van der Waals surface area contributed by atoms with Crippen molar-refractivity contribution in [2.24, 2.45) is 0 Å². The predicted molar refractivity (Wildman–Crippen MR) is 56.9 cm³/mol. The molecule has 1 aromatic rings. The van der Waals surface area contributed by atoms with Crippen LogP contribution >= 0.6 is 0 Å². The lowest BCUT2D eigenvalue weighted by atomic mass is 10.1. The molecular weight excluding hydrogens is 192 g/mol. The predicted octanol–water partition coefficient (Wildman–Crippen LogP) is 1.78. The van der Waals surface area contributed by atoms with Gasteiger partial charge < -0.3 is 9.53 Å². The highest BCUT2D eigenvalue weighted by molar-refractivity contribution is 6.00. The van der Waals surface area contributed by atoms with Crippen molar-refractivity contribution in [2.75, 3.05) is 7.11 Å². The summed E-state index contributed by atoms with van der Waals surface area (Å²) in [5.74, 6) is 0.271. The highest BCUT2D eigenvalue weighted by atomic mass is 16.5. The first kappa shape index (κ1) is 11.6. The van der Waals surface area contributed by atoms with Gasteiger partial charge in [0.1, 0.15) is 6.79 Å². The van der Waals surface area contributed by atoms with Gasteiger partial charge >= 0.3 is 0 Å². The van der Waals surface area contributed by atoms with Crippen LogP contribution in [0.4, 0.5) is 0 Å². The zero-order valence-electron chi connectivity index (χ0n) is 8.79. The van der Waals surface area contributed by atoms with Crippen LogP contribution in [0.5, 0.6) is 0 Å². The van der Waals surface area contributed by atoms with Crippen molar-refractivity contribution in [3.05, 3.63) is 34.9 Å². The number of fused-ring (bicyclic) bond motifs is 1. The maximum absolute atomic E-state index is 11.4. The van der Waals surface area contributed by atoms with Crippen molar-refractivity contribution >= 4 is 12.6 Å². The Bertz CT molecular complexity index is 358. The topological polar surface area (TPSA) is 43.4 Å². The molecule has 1 aliphatic carbocycles. The van der Waals surface area contributed by atoms with E-state index in [-0.39, 0.29) is 5.78 Å². The van der Waals surface area contributed by atoms with Crippen molar-refractivity contribution < 1.29 is 14.3 Å².